The first-order valence-electron chi connectivity index (χ1n) is 7.85. The summed E-state index contributed by atoms with van der Waals surface area (Å²) < 4.78 is 2.34. The predicted molar refractivity (Wildman–Crippen MR) is 101 cm³/mol. The molecule has 0 fully saturated rings. The molecule has 3 rings (SSSR count). The number of aromatic nitrogens is 2. The Morgan fingerprint density at radius 3 is 2.39 bits per heavy atom. The van der Waals surface area contributed by atoms with Crippen LogP contribution < -0.4 is 5.32 Å². The molecule has 2 heterocycles. The van der Waals surface area contributed by atoms with E-state index in [2.05, 4.69) is 72.9 Å². The normalized spacial score (nSPS) is 10.6. The molecule has 0 radical (unpaired) electrons. The van der Waals surface area contributed by atoms with Crippen LogP contribution in [0.5, 0.6) is 0 Å². The molecule has 1 N–H and O–H groups in total. The highest BCUT2D eigenvalue weighted by Gasteiger charge is 2.13. The Morgan fingerprint density at radius 1 is 1.04 bits per heavy atom. The van der Waals surface area contributed by atoms with Gasteiger partial charge in [0.15, 0.2) is 5.82 Å². The smallest absolute Gasteiger partial charge is 0.150 e. The Hall–Kier alpha value is -2.00. The third-order valence-electron chi connectivity index (χ3n) is 4.44. The Kier molecular flexibility index (Phi) is 5.32. The lowest BCUT2D eigenvalue weighted by molar-refractivity contribution is 0.765. The third-order valence-corrected chi connectivity index (χ3v) is 4.44. The molecule has 0 bridgehead atoms. The first-order chi connectivity index (χ1) is 10.6. The summed E-state index contributed by atoms with van der Waals surface area (Å²) in [5.41, 5.74) is 6.44. The van der Waals surface area contributed by atoms with E-state index in [1.165, 1.54) is 33.3 Å². The molecule has 0 amide bonds. The molecule has 0 aliphatic heterocycles. The standard InChI is InChI=1S/C19H23N3.ClH/c1-5-22-15(4)14(3)17-10-11-20-19(18(17)22)21-12-16-8-6-13(2)7-9-16;/h6-11H,5,12H2,1-4H3,(H,20,21);1H. The van der Waals surface area contributed by atoms with Gasteiger partial charge in [-0.05, 0) is 44.9 Å². The van der Waals surface area contributed by atoms with Crippen LogP contribution in [0.3, 0.4) is 0 Å². The molecule has 2 aromatic heterocycles. The Labute approximate surface area is 144 Å². The second kappa shape index (κ2) is 7.05. The molecule has 3 aromatic rings. The minimum atomic E-state index is 0. The fourth-order valence-electron chi connectivity index (χ4n) is 3.01. The molecule has 0 saturated heterocycles. The van der Waals surface area contributed by atoms with E-state index in [9.17, 15) is 0 Å². The molecule has 23 heavy (non-hydrogen) atoms. The summed E-state index contributed by atoms with van der Waals surface area (Å²) in [6, 6.07) is 10.7. The van der Waals surface area contributed by atoms with Gasteiger partial charge in [-0.2, -0.15) is 0 Å². The highest BCUT2D eigenvalue weighted by Crippen LogP contribution is 2.29. The molecule has 0 spiro atoms. The van der Waals surface area contributed by atoms with E-state index in [1.807, 2.05) is 6.20 Å². The first-order valence-corrected chi connectivity index (χ1v) is 7.85. The summed E-state index contributed by atoms with van der Waals surface area (Å²) in [6.07, 6.45) is 1.90. The molecule has 122 valence electrons. The number of nitrogens with one attached hydrogen (secondary N) is 1. The molecular weight excluding hydrogens is 306 g/mol. The SMILES string of the molecule is CCn1c(C)c(C)c2ccnc(NCc3ccc(C)cc3)c21.Cl. The Morgan fingerprint density at radius 2 is 1.74 bits per heavy atom. The van der Waals surface area contributed by atoms with Crippen molar-refractivity contribution in [3.8, 4) is 0 Å². The van der Waals surface area contributed by atoms with Gasteiger partial charge in [0.2, 0.25) is 0 Å². The molecule has 0 atom stereocenters. The van der Waals surface area contributed by atoms with Crippen LogP contribution >= 0.6 is 12.4 Å². The van der Waals surface area contributed by atoms with Crippen molar-refractivity contribution in [3.63, 3.8) is 0 Å². The molecule has 0 aliphatic carbocycles. The highest BCUT2D eigenvalue weighted by molar-refractivity contribution is 5.93. The molecule has 1 aromatic carbocycles. The largest absolute Gasteiger partial charge is 0.364 e. The van der Waals surface area contributed by atoms with Crippen molar-refractivity contribution in [2.24, 2.45) is 0 Å². The number of fused-ring (bicyclic) bond motifs is 1. The number of halogens is 1. The highest BCUT2D eigenvalue weighted by atomic mass is 35.5. The summed E-state index contributed by atoms with van der Waals surface area (Å²) in [6.45, 7) is 10.4. The fourth-order valence-corrected chi connectivity index (χ4v) is 3.01. The minimum absolute atomic E-state index is 0. The maximum absolute atomic E-state index is 4.57. The van der Waals surface area contributed by atoms with Crippen molar-refractivity contribution in [1.29, 1.82) is 0 Å². The van der Waals surface area contributed by atoms with Crippen molar-refractivity contribution < 1.29 is 0 Å². The molecule has 0 aliphatic rings. The van der Waals surface area contributed by atoms with Crippen molar-refractivity contribution in [3.05, 3.63) is 58.9 Å². The maximum atomic E-state index is 4.57. The minimum Gasteiger partial charge on any atom is -0.364 e. The van der Waals surface area contributed by atoms with Gasteiger partial charge in [0, 0.05) is 30.4 Å². The molecular formula is C19H24ClN3. The number of rotatable bonds is 4. The summed E-state index contributed by atoms with van der Waals surface area (Å²) in [4.78, 5) is 4.57. The van der Waals surface area contributed by atoms with Crippen molar-refractivity contribution in [2.45, 2.75) is 40.8 Å². The van der Waals surface area contributed by atoms with E-state index in [1.54, 1.807) is 0 Å². The molecule has 0 saturated carbocycles. The Balaban J connectivity index is 0.00000192. The lowest BCUT2D eigenvalue weighted by Crippen LogP contribution is -2.05. The number of benzene rings is 1. The van der Waals surface area contributed by atoms with E-state index >= 15 is 0 Å². The zero-order valence-electron chi connectivity index (χ0n) is 14.2. The predicted octanol–water partition coefficient (Wildman–Crippen LogP) is 5.02. The van der Waals surface area contributed by atoms with E-state index in [4.69, 9.17) is 0 Å². The van der Waals surface area contributed by atoms with Crippen molar-refractivity contribution >= 4 is 29.1 Å². The quantitative estimate of drug-likeness (QED) is 0.728. The first kappa shape index (κ1) is 17.4. The van der Waals surface area contributed by atoms with Gasteiger partial charge in [-0.3, -0.25) is 0 Å². The second-order valence-corrected chi connectivity index (χ2v) is 5.85. The lowest BCUT2D eigenvalue weighted by atomic mass is 10.1. The van der Waals surface area contributed by atoms with Crippen LogP contribution in [0.4, 0.5) is 5.82 Å². The van der Waals surface area contributed by atoms with Crippen LogP contribution in [0.25, 0.3) is 10.9 Å². The monoisotopic (exact) mass is 329 g/mol. The van der Waals surface area contributed by atoms with Gasteiger partial charge in [0.1, 0.15) is 0 Å². The van der Waals surface area contributed by atoms with Gasteiger partial charge < -0.3 is 9.88 Å². The van der Waals surface area contributed by atoms with E-state index < -0.39 is 0 Å². The van der Waals surface area contributed by atoms with Crippen LogP contribution in [0.2, 0.25) is 0 Å². The van der Waals surface area contributed by atoms with Crippen LogP contribution in [0, 0.1) is 20.8 Å². The van der Waals surface area contributed by atoms with Crippen LogP contribution in [0.1, 0.15) is 29.3 Å². The van der Waals surface area contributed by atoms with E-state index in [0.29, 0.717) is 0 Å². The number of aryl methyl sites for hydroxylation is 3. The summed E-state index contributed by atoms with van der Waals surface area (Å²) in [7, 11) is 0. The number of pyridine rings is 1. The molecule has 3 nitrogen and oxygen atoms in total. The van der Waals surface area contributed by atoms with Gasteiger partial charge in [0.05, 0.1) is 5.52 Å². The van der Waals surface area contributed by atoms with E-state index in [-0.39, 0.29) is 12.4 Å². The molecule has 4 heteroatoms. The fraction of sp³-hybridized carbons (Fsp3) is 0.316. The Bertz CT molecular complexity index is 804. The average molecular weight is 330 g/mol. The topological polar surface area (TPSA) is 29.9 Å². The van der Waals surface area contributed by atoms with Crippen molar-refractivity contribution in [1.82, 2.24) is 9.55 Å². The van der Waals surface area contributed by atoms with Crippen LogP contribution in [-0.2, 0) is 13.1 Å². The third kappa shape index (κ3) is 3.20. The van der Waals surface area contributed by atoms with Crippen molar-refractivity contribution in [2.75, 3.05) is 5.32 Å². The van der Waals surface area contributed by atoms with Crippen LogP contribution in [0.15, 0.2) is 36.5 Å². The number of hydrogen-bond donors (Lipinski definition) is 1. The maximum Gasteiger partial charge on any atom is 0.150 e. The van der Waals surface area contributed by atoms with Gasteiger partial charge in [-0.15, -0.1) is 12.4 Å². The zero-order chi connectivity index (χ0) is 15.7. The number of hydrogen-bond acceptors (Lipinski definition) is 2. The van der Waals surface area contributed by atoms with Crippen LogP contribution in [-0.4, -0.2) is 9.55 Å². The molecule has 0 unspecified atom stereocenters. The van der Waals surface area contributed by atoms with Gasteiger partial charge in [-0.25, -0.2) is 4.98 Å². The summed E-state index contributed by atoms with van der Waals surface area (Å²) in [5.74, 6) is 0.969. The van der Waals surface area contributed by atoms with Gasteiger partial charge in [0.25, 0.3) is 0 Å². The van der Waals surface area contributed by atoms with Gasteiger partial charge in [-0.1, -0.05) is 29.8 Å². The summed E-state index contributed by atoms with van der Waals surface area (Å²) in [5, 5.41) is 4.80. The van der Waals surface area contributed by atoms with Gasteiger partial charge >= 0.3 is 0 Å². The number of nitrogens with zero attached hydrogens (tertiary/aromatic N) is 2. The second-order valence-electron chi connectivity index (χ2n) is 5.85. The summed E-state index contributed by atoms with van der Waals surface area (Å²) >= 11 is 0. The average Bonchev–Trinajstić information content (AvgIpc) is 2.79. The lowest BCUT2D eigenvalue weighted by Gasteiger charge is -2.11. The zero-order valence-corrected chi connectivity index (χ0v) is 15.0. The van der Waals surface area contributed by atoms with E-state index in [0.717, 1.165) is 18.9 Å². The number of anilines is 1.